The molecule has 114 valence electrons. The number of benzene rings is 2. The van der Waals surface area contributed by atoms with Crippen molar-refractivity contribution in [2.75, 3.05) is 18.4 Å². The van der Waals surface area contributed by atoms with Crippen LogP contribution in [0.15, 0.2) is 36.4 Å². The van der Waals surface area contributed by atoms with E-state index in [1.807, 2.05) is 12.1 Å². The van der Waals surface area contributed by atoms with E-state index in [2.05, 4.69) is 16.7 Å². The number of hydrogen-bond acceptors (Lipinski definition) is 2. The largest absolute Gasteiger partial charge is 0.381 e. The van der Waals surface area contributed by atoms with Gasteiger partial charge in [-0.15, -0.1) is 0 Å². The number of anilines is 1. The molecule has 0 radical (unpaired) electrons. The number of halogens is 2. The van der Waals surface area contributed by atoms with Gasteiger partial charge in [0.15, 0.2) is 11.6 Å². The lowest BCUT2D eigenvalue weighted by atomic mass is 9.86. The van der Waals surface area contributed by atoms with E-state index < -0.39 is 11.6 Å². The Balaban J connectivity index is 1.82. The number of rotatable bonds is 1. The second-order valence-corrected chi connectivity index (χ2v) is 6.08. The van der Waals surface area contributed by atoms with Crippen LogP contribution < -0.4 is 10.6 Å². The van der Waals surface area contributed by atoms with Crippen molar-refractivity contribution in [3.63, 3.8) is 0 Å². The van der Waals surface area contributed by atoms with Crippen LogP contribution in [0.1, 0.15) is 24.3 Å². The quantitative estimate of drug-likeness (QED) is 0.835. The first-order valence-corrected chi connectivity index (χ1v) is 7.79. The fourth-order valence-corrected chi connectivity index (χ4v) is 3.77. The summed E-state index contributed by atoms with van der Waals surface area (Å²) in [6, 6.07) is 10.7. The van der Waals surface area contributed by atoms with E-state index in [4.69, 9.17) is 0 Å². The first kappa shape index (κ1) is 13.7. The molecule has 4 heteroatoms. The minimum Gasteiger partial charge on any atom is -0.381 e. The highest BCUT2D eigenvalue weighted by Gasteiger charge is 2.34. The Kier molecular flexibility index (Phi) is 3.34. The molecule has 2 aromatic carbocycles. The van der Waals surface area contributed by atoms with Crippen LogP contribution in [0.2, 0.25) is 0 Å². The smallest absolute Gasteiger partial charge is 0.159 e. The molecule has 4 rings (SSSR count). The molecule has 2 aliphatic rings. The molecule has 1 fully saturated rings. The summed E-state index contributed by atoms with van der Waals surface area (Å²) in [7, 11) is 0. The molecule has 0 aromatic heterocycles. The first-order chi connectivity index (χ1) is 10.7. The fraction of sp³-hybridized carbons (Fsp3) is 0.333. The molecule has 1 saturated heterocycles. The molecular weight excluding hydrogens is 282 g/mol. The third-order valence-electron chi connectivity index (χ3n) is 4.80. The van der Waals surface area contributed by atoms with Gasteiger partial charge in [-0.1, -0.05) is 18.2 Å². The van der Waals surface area contributed by atoms with Crippen molar-refractivity contribution in [2.24, 2.45) is 0 Å². The van der Waals surface area contributed by atoms with Gasteiger partial charge in [0.05, 0.1) is 0 Å². The van der Waals surface area contributed by atoms with Gasteiger partial charge in [0.1, 0.15) is 0 Å². The molecule has 2 aromatic rings. The summed E-state index contributed by atoms with van der Waals surface area (Å²) in [5.74, 6) is -1.17. The Morgan fingerprint density at radius 3 is 2.68 bits per heavy atom. The highest BCUT2D eigenvalue weighted by molar-refractivity contribution is 5.77. The zero-order valence-corrected chi connectivity index (χ0v) is 12.2. The van der Waals surface area contributed by atoms with Gasteiger partial charge < -0.3 is 10.6 Å². The third kappa shape index (κ3) is 2.18. The zero-order valence-electron chi connectivity index (χ0n) is 12.2. The minimum absolute atomic E-state index is 0.425. The van der Waals surface area contributed by atoms with Crippen LogP contribution in [0.3, 0.4) is 0 Å². The summed E-state index contributed by atoms with van der Waals surface area (Å²) >= 11 is 0. The highest BCUT2D eigenvalue weighted by atomic mass is 19.2. The van der Waals surface area contributed by atoms with Gasteiger partial charge in [-0.25, -0.2) is 8.78 Å². The molecule has 0 spiro atoms. The van der Waals surface area contributed by atoms with E-state index in [0.29, 0.717) is 12.0 Å². The Labute approximate surface area is 128 Å². The average Bonchev–Trinajstić information content (AvgIpc) is 2.72. The van der Waals surface area contributed by atoms with E-state index in [1.165, 1.54) is 17.7 Å². The van der Waals surface area contributed by atoms with Crippen LogP contribution in [0, 0.1) is 11.6 Å². The highest BCUT2D eigenvalue weighted by Crippen LogP contribution is 2.45. The minimum atomic E-state index is -0.800. The predicted molar refractivity (Wildman–Crippen MR) is 84.0 cm³/mol. The molecule has 0 saturated carbocycles. The van der Waals surface area contributed by atoms with Crippen LogP contribution in [-0.4, -0.2) is 19.1 Å². The lowest BCUT2D eigenvalue weighted by molar-refractivity contribution is 0.509. The summed E-state index contributed by atoms with van der Waals surface area (Å²) in [5.41, 5.74) is 4.15. The van der Waals surface area contributed by atoms with Crippen LogP contribution in [0.5, 0.6) is 0 Å². The van der Waals surface area contributed by atoms with E-state index in [-0.39, 0.29) is 0 Å². The van der Waals surface area contributed by atoms with Crippen LogP contribution in [0.25, 0.3) is 11.1 Å². The second-order valence-electron chi connectivity index (χ2n) is 6.08. The molecule has 0 aliphatic carbocycles. The number of nitrogens with one attached hydrogen (secondary N) is 2. The first-order valence-electron chi connectivity index (χ1n) is 7.79. The summed E-state index contributed by atoms with van der Waals surface area (Å²) in [6.07, 6.45) is 2.14. The maximum absolute atomic E-state index is 13.6. The maximum atomic E-state index is 13.6. The maximum Gasteiger partial charge on any atom is 0.159 e. The summed E-state index contributed by atoms with van der Waals surface area (Å²) in [5, 5.41) is 7.04. The van der Waals surface area contributed by atoms with Crippen molar-refractivity contribution in [1.29, 1.82) is 0 Å². The Hall–Kier alpha value is -1.94. The number of hydrogen-bond donors (Lipinski definition) is 2. The SMILES string of the molecule is Fc1ccc(-c2cccc3c2[C@@H]2CCNCC[C@@H]2N3)cc1F. The van der Waals surface area contributed by atoms with Gasteiger partial charge in [0.25, 0.3) is 0 Å². The lowest BCUT2D eigenvalue weighted by Gasteiger charge is -2.18. The number of fused-ring (bicyclic) bond motifs is 3. The summed E-state index contributed by atoms with van der Waals surface area (Å²) in [4.78, 5) is 0. The average molecular weight is 300 g/mol. The van der Waals surface area contributed by atoms with E-state index >= 15 is 0 Å². The fourth-order valence-electron chi connectivity index (χ4n) is 3.77. The molecule has 2 aliphatic heterocycles. The van der Waals surface area contributed by atoms with Crippen molar-refractivity contribution in [3.05, 3.63) is 53.6 Å². The van der Waals surface area contributed by atoms with Crippen molar-refractivity contribution < 1.29 is 8.78 Å². The third-order valence-corrected chi connectivity index (χ3v) is 4.80. The lowest BCUT2D eigenvalue weighted by Crippen LogP contribution is -2.21. The topological polar surface area (TPSA) is 24.1 Å². The molecule has 0 bridgehead atoms. The van der Waals surface area contributed by atoms with Gasteiger partial charge in [-0.05, 0) is 60.8 Å². The normalized spacial score (nSPS) is 23.4. The predicted octanol–water partition coefficient (Wildman–Crippen LogP) is 3.89. The van der Waals surface area contributed by atoms with Crippen molar-refractivity contribution >= 4 is 5.69 Å². The van der Waals surface area contributed by atoms with Gasteiger partial charge in [-0.2, -0.15) is 0 Å². The Morgan fingerprint density at radius 2 is 1.82 bits per heavy atom. The van der Waals surface area contributed by atoms with Crippen LogP contribution in [0.4, 0.5) is 14.5 Å². The van der Waals surface area contributed by atoms with Crippen molar-refractivity contribution in [3.8, 4) is 11.1 Å². The van der Waals surface area contributed by atoms with Gasteiger partial charge in [-0.3, -0.25) is 0 Å². The molecule has 2 N–H and O–H groups in total. The van der Waals surface area contributed by atoms with Crippen LogP contribution in [-0.2, 0) is 0 Å². The second kappa shape index (κ2) is 5.36. The Bertz CT molecular complexity index is 714. The van der Waals surface area contributed by atoms with E-state index in [0.717, 1.165) is 42.7 Å². The summed E-state index contributed by atoms with van der Waals surface area (Å²) < 4.78 is 26.8. The van der Waals surface area contributed by atoms with Gasteiger partial charge in [0.2, 0.25) is 0 Å². The molecule has 2 atom stereocenters. The monoisotopic (exact) mass is 300 g/mol. The molecule has 2 heterocycles. The molecular formula is C18H18F2N2. The van der Waals surface area contributed by atoms with Gasteiger partial charge >= 0.3 is 0 Å². The van der Waals surface area contributed by atoms with Crippen molar-refractivity contribution in [1.82, 2.24) is 5.32 Å². The summed E-state index contributed by atoms with van der Waals surface area (Å²) in [6.45, 7) is 2.01. The molecule has 0 amide bonds. The van der Waals surface area contributed by atoms with E-state index in [1.54, 1.807) is 6.07 Å². The van der Waals surface area contributed by atoms with E-state index in [9.17, 15) is 8.78 Å². The molecule has 22 heavy (non-hydrogen) atoms. The van der Waals surface area contributed by atoms with Crippen molar-refractivity contribution in [2.45, 2.75) is 24.8 Å². The molecule has 0 unspecified atom stereocenters. The standard InChI is InChI=1S/C18H18F2N2/c19-14-5-4-11(10-15(14)20)12-2-1-3-17-18(12)13-6-8-21-9-7-16(13)22-17/h1-5,10,13,16,21-22H,6-9H2/t13-,16+/m1/s1. The molecule has 2 nitrogen and oxygen atoms in total. The zero-order chi connectivity index (χ0) is 15.1. The van der Waals surface area contributed by atoms with Gasteiger partial charge in [0, 0.05) is 17.6 Å². The van der Waals surface area contributed by atoms with Crippen LogP contribution >= 0.6 is 0 Å². The Morgan fingerprint density at radius 1 is 0.955 bits per heavy atom.